The molecule has 1 aliphatic heterocycles. The molecule has 130 valence electrons. The zero-order valence-electron chi connectivity index (χ0n) is 13.7. The zero-order valence-corrected chi connectivity index (χ0v) is 13.7. The van der Waals surface area contributed by atoms with Crippen LogP contribution in [0.1, 0.15) is 48.0 Å². The number of likely N-dealkylation sites (tertiary alicyclic amines) is 1. The molecule has 1 saturated heterocycles. The van der Waals surface area contributed by atoms with Gasteiger partial charge in [-0.25, -0.2) is 9.18 Å². The molecule has 1 aromatic rings. The lowest BCUT2D eigenvalue weighted by molar-refractivity contribution is -0.141. The second-order valence-corrected chi connectivity index (χ2v) is 6.65. The molecule has 2 fully saturated rings. The van der Waals surface area contributed by atoms with Crippen LogP contribution in [0.4, 0.5) is 4.39 Å². The molecule has 1 aliphatic carbocycles. The summed E-state index contributed by atoms with van der Waals surface area (Å²) in [6.07, 6.45) is 4.42. The van der Waals surface area contributed by atoms with Gasteiger partial charge in [0.1, 0.15) is 11.9 Å². The zero-order chi connectivity index (χ0) is 17.3. The third-order valence-corrected chi connectivity index (χ3v) is 5.20. The molecule has 1 heterocycles. The van der Waals surface area contributed by atoms with Gasteiger partial charge in [-0.2, -0.15) is 0 Å². The van der Waals surface area contributed by atoms with E-state index in [1.54, 1.807) is 0 Å². The number of fused-ring (bicyclic) bond motifs is 1. The van der Waals surface area contributed by atoms with Crippen LogP contribution in [0.3, 0.4) is 0 Å². The number of hydrogen-bond acceptors (Lipinski definition) is 3. The summed E-state index contributed by atoms with van der Waals surface area (Å²) in [4.78, 5) is 26.1. The van der Waals surface area contributed by atoms with Crippen molar-refractivity contribution in [2.24, 2.45) is 5.92 Å². The number of ether oxygens (including phenoxy) is 1. The van der Waals surface area contributed by atoms with E-state index in [2.05, 4.69) is 0 Å². The van der Waals surface area contributed by atoms with Gasteiger partial charge < -0.3 is 14.7 Å². The Kier molecular flexibility index (Phi) is 4.85. The third kappa shape index (κ3) is 3.02. The molecule has 0 unspecified atom stereocenters. The highest BCUT2D eigenvalue weighted by molar-refractivity contribution is 5.97. The quantitative estimate of drug-likeness (QED) is 0.919. The first-order valence-corrected chi connectivity index (χ1v) is 8.35. The van der Waals surface area contributed by atoms with Crippen LogP contribution in [-0.4, -0.2) is 41.1 Å². The minimum absolute atomic E-state index is 0.0247. The first-order chi connectivity index (χ1) is 11.5. The molecule has 3 rings (SSSR count). The van der Waals surface area contributed by atoms with E-state index in [4.69, 9.17) is 4.74 Å². The second-order valence-electron chi connectivity index (χ2n) is 6.65. The van der Waals surface area contributed by atoms with Gasteiger partial charge in [-0.15, -0.1) is 0 Å². The Labute approximate surface area is 140 Å². The molecular weight excluding hydrogens is 313 g/mol. The lowest BCUT2D eigenvalue weighted by atomic mass is 9.84. The first-order valence-electron chi connectivity index (χ1n) is 8.35. The summed E-state index contributed by atoms with van der Waals surface area (Å²) in [7, 11) is 1.46. The normalized spacial score (nSPS) is 26.2. The molecule has 1 saturated carbocycles. The number of nitrogens with zero attached hydrogens (tertiary/aromatic N) is 1. The maximum atomic E-state index is 13.8. The van der Waals surface area contributed by atoms with E-state index in [9.17, 15) is 19.1 Å². The summed E-state index contributed by atoms with van der Waals surface area (Å²) in [6, 6.07) is 3.32. The molecule has 0 spiro atoms. The maximum Gasteiger partial charge on any atom is 0.326 e. The van der Waals surface area contributed by atoms with Gasteiger partial charge in [0, 0.05) is 24.3 Å². The average Bonchev–Trinajstić information content (AvgIpc) is 2.96. The number of carboxylic acids is 1. The van der Waals surface area contributed by atoms with Crippen molar-refractivity contribution in [2.45, 2.75) is 50.8 Å². The van der Waals surface area contributed by atoms with Crippen LogP contribution in [0.15, 0.2) is 18.2 Å². The number of aliphatic carboxylic acids is 1. The number of carboxylic acid groups (broad SMARTS) is 1. The van der Waals surface area contributed by atoms with Gasteiger partial charge in [-0.1, -0.05) is 12.8 Å². The predicted octanol–water partition coefficient (Wildman–Crippen LogP) is 2.83. The number of methoxy groups -OCH3 is 1. The van der Waals surface area contributed by atoms with Crippen LogP contribution in [0.25, 0.3) is 0 Å². The molecule has 0 bridgehead atoms. The number of amides is 1. The number of rotatable bonds is 4. The van der Waals surface area contributed by atoms with Crippen molar-refractivity contribution in [2.75, 3.05) is 7.11 Å². The molecule has 6 heteroatoms. The topological polar surface area (TPSA) is 66.8 Å². The molecular formula is C18H22FNO4. The Bertz CT molecular complexity index is 648. The standard InChI is InChI=1S/C18H22FNO4/c1-24-10-13-8-12(6-7-14(13)19)17(21)20-15-5-3-2-4-11(15)9-16(20)18(22)23/h6-8,11,15-16H,2-5,9-10H2,1H3,(H,22,23)/t11-,15-,16+/m1/s1. The molecule has 1 N–H and O–H groups in total. The fourth-order valence-corrected chi connectivity index (χ4v) is 4.10. The first kappa shape index (κ1) is 16.9. The van der Waals surface area contributed by atoms with Crippen LogP contribution in [-0.2, 0) is 16.1 Å². The fraction of sp³-hybridized carbons (Fsp3) is 0.556. The Morgan fingerprint density at radius 1 is 1.33 bits per heavy atom. The van der Waals surface area contributed by atoms with Crippen LogP contribution in [0, 0.1) is 11.7 Å². The summed E-state index contributed by atoms with van der Waals surface area (Å²) in [5.41, 5.74) is 0.621. The molecule has 0 radical (unpaired) electrons. The fourth-order valence-electron chi connectivity index (χ4n) is 4.10. The van der Waals surface area contributed by atoms with Crippen LogP contribution >= 0.6 is 0 Å². The Morgan fingerprint density at radius 3 is 2.79 bits per heavy atom. The van der Waals surface area contributed by atoms with Crippen molar-refractivity contribution < 1.29 is 23.8 Å². The van der Waals surface area contributed by atoms with Crippen molar-refractivity contribution in [1.29, 1.82) is 0 Å². The third-order valence-electron chi connectivity index (χ3n) is 5.20. The van der Waals surface area contributed by atoms with Crippen LogP contribution in [0.5, 0.6) is 0 Å². The maximum absolute atomic E-state index is 13.8. The number of halogens is 1. The number of hydrogen-bond donors (Lipinski definition) is 1. The molecule has 2 aliphatic rings. The summed E-state index contributed by atoms with van der Waals surface area (Å²) in [6.45, 7) is 0.0708. The van der Waals surface area contributed by atoms with Crippen molar-refractivity contribution >= 4 is 11.9 Å². The Balaban J connectivity index is 1.91. The molecule has 3 atom stereocenters. The van der Waals surface area contributed by atoms with Crippen molar-refractivity contribution in [3.8, 4) is 0 Å². The highest BCUT2D eigenvalue weighted by Crippen LogP contribution is 2.40. The van der Waals surface area contributed by atoms with Gasteiger partial charge in [-0.3, -0.25) is 4.79 Å². The molecule has 0 aromatic heterocycles. The smallest absolute Gasteiger partial charge is 0.326 e. The van der Waals surface area contributed by atoms with Gasteiger partial charge in [0.2, 0.25) is 0 Å². The largest absolute Gasteiger partial charge is 0.480 e. The minimum atomic E-state index is -0.961. The van der Waals surface area contributed by atoms with E-state index in [-0.39, 0.29) is 24.5 Å². The monoisotopic (exact) mass is 335 g/mol. The van der Waals surface area contributed by atoms with Gasteiger partial charge in [0.25, 0.3) is 5.91 Å². The number of carbonyl (C=O) groups is 2. The van der Waals surface area contributed by atoms with Gasteiger partial charge in [-0.05, 0) is 43.4 Å². The highest BCUT2D eigenvalue weighted by Gasteiger charge is 2.47. The van der Waals surface area contributed by atoms with Crippen molar-refractivity contribution in [1.82, 2.24) is 4.90 Å². The van der Waals surface area contributed by atoms with Crippen LogP contribution in [0.2, 0.25) is 0 Å². The SMILES string of the molecule is COCc1cc(C(=O)N2[C@@H]3CCCC[C@@H]3C[C@H]2C(=O)O)ccc1F. The summed E-state index contributed by atoms with van der Waals surface area (Å²) in [5.74, 6) is -1.46. The van der Waals surface area contributed by atoms with E-state index in [1.165, 1.54) is 30.2 Å². The number of benzene rings is 1. The van der Waals surface area contributed by atoms with Crippen molar-refractivity contribution in [3.63, 3.8) is 0 Å². The van der Waals surface area contributed by atoms with Gasteiger partial charge >= 0.3 is 5.97 Å². The summed E-state index contributed by atoms with van der Waals surface area (Å²) in [5, 5.41) is 9.54. The summed E-state index contributed by atoms with van der Waals surface area (Å²) >= 11 is 0. The second kappa shape index (κ2) is 6.89. The predicted molar refractivity (Wildman–Crippen MR) is 85.1 cm³/mol. The molecule has 1 aromatic carbocycles. The van der Waals surface area contributed by atoms with E-state index in [0.717, 1.165) is 25.7 Å². The molecule has 24 heavy (non-hydrogen) atoms. The van der Waals surface area contributed by atoms with Crippen LogP contribution < -0.4 is 0 Å². The van der Waals surface area contributed by atoms with Gasteiger partial charge in [0.15, 0.2) is 0 Å². The Morgan fingerprint density at radius 2 is 2.08 bits per heavy atom. The Hall–Kier alpha value is -1.95. The lowest BCUT2D eigenvalue weighted by Gasteiger charge is -2.33. The lowest BCUT2D eigenvalue weighted by Crippen LogP contribution is -2.46. The minimum Gasteiger partial charge on any atom is -0.480 e. The summed E-state index contributed by atoms with van der Waals surface area (Å²) < 4.78 is 18.7. The molecule has 1 amide bonds. The van der Waals surface area contributed by atoms with Gasteiger partial charge in [0.05, 0.1) is 6.61 Å². The van der Waals surface area contributed by atoms with E-state index in [1.807, 2.05) is 0 Å². The molecule has 5 nitrogen and oxygen atoms in total. The van der Waals surface area contributed by atoms with Crippen molar-refractivity contribution in [3.05, 3.63) is 35.1 Å². The van der Waals surface area contributed by atoms with E-state index < -0.39 is 17.8 Å². The average molecular weight is 335 g/mol. The van der Waals surface area contributed by atoms with E-state index >= 15 is 0 Å². The number of carbonyl (C=O) groups excluding carboxylic acids is 1. The van der Waals surface area contributed by atoms with E-state index in [0.29, 0.717) is 17.5 Å². The highest BCUT2D eigenvalue weighted by atomic mass is 19.1.